The van der Waals surface area contributed by atoms with Crippen LogP contribution < -0.4 is 4.74 Å². The first-order valence-electron chi connectivity index (χ1n) is 8.52. The van der Waals surface area contributed by atoms with Gasteiger partial charge in [0, 0.05) is 19.7 Å². The Morgan fingerprint density at radius 2 is 2.00 bits per heavy atom. The van der Waals surface area contributed by atoms with Gasteiger partial charge in [0.05, 0.1) is 6.61 Å². The van der Waals surface area contributed by atoms with Crippen molar-refractivity contribution in [2.75, 3.05) is 40.0 Å². The second-order valence-electron chi connectivity index (χ2n) is 7.69. The van der Waals surface area contributed by atoms with Crippen LogP contribution in [0.3, 0.4) is 0 Å². The molecule has 0 spiro atoms. The molecule has 23 heavy (non-hydrogen) atoms. The number of benzene rings is 1. The molecule has 1 N–H and O–H groups in total. The third-order valence-corrected chi connectivity index (χ3v) is 4.28. The largest absolute Gasteiger partial charge is 0.491 e. The van der Waals surface area contributed by atoms with E-state index in [0.717, 1.165) is 31.9 Å². The van der Waals surface area contributed by atoms with Crippen LogP contribution in [0.4, 0.5) is 0 Å². The maximum absolute atomic E-state index is 10.1. The summed E-state index contributed by atoms with van der Waals surface area (Å²) in [5.74, 6) is 1.40. The van der Waals surface area contributed by atoms with Gasteiger partial charge in [-0.3, -0.25) is 0 Å². The van der Waals surface area contributed by atoms with Crippen LogP contribution in [0.25, 0.3) is 0 Å². The van der Waals surface area contributed by atoms with Gasteiger partial charge in [-0.15, -0.1) is 0 Å². The molecule has 4 heteroatoms. The highest BCUT2D eigenvalue weighted by Gasteiger charge is 2.19. The van der Waals surface area contributed by atoms with E-state index in [4.69, 9.17) is 9.47 Å². The third-order valence-electron chi connectivity index (χ3n) is 4.28. The molecule has 2 unspecified atom stereocenters. The van der Waals surface area contributed by atoms with Crippen molar-refractivity contribution in [1.29, 1.82) is 0 Å². The van der Waals surface area contributed by atoms with Crippen molar-refractivity contribution in [3.8, 4) is 5.75 Å². The van der Waals surface area contributed by atoms with Crippen LogP contribution in [0, 0.1) is 5.92 Å². The first-order valence-corrected chi connectivity index (χ1v) is 8.52. The number of hydrogen-bond acceptors (Lipinski definition) is 4. The predicted molar refractivity (Wildman–Crippen MR) is 93.1 cm³/mol. The zero-order chi connectivity index (χ0) is 16.9. The van der Waals surface area contributed by atoms with E-state index in [1.54, 1.807) is 0 Å². The zero-order valence-electron chi connectivity index (χ0n) is 14.9. The Hall–Kier alpha value is -1.10. The van der Waals surface area contributed by atoms with Gasteiger partial charge in [-0.25, -0.2) is 0 Å². The number of aliphatic hydroxyl groups is 1. The van der Waals surface area contributed by atoms with Crippen molar-refractivity contribution >= 4 is 0 Å². The van der Waals surface area contributed by atoms with Crippen molar-refractivity contribution in [2.45, 2.75) is 38.7 Å². The molecule has 0 aliphatic carbocycles. The molecule has 0 saturated carbocycles. The van der Waals surface area contributed by atoms with E-state index in [-0.39, 0.29) is 5.41 Å². The fourth-order valence-electron chi connectivity index (χ4n) is 2.90. The molecule has 1 aromatic carbocycles. The molecule has 0 radical (unpaired) electrons. The lowest BCUT2D eigenvalue weighted by Gasteiger charge is -2.23. The minimum absolute atomic E-state index is 0.144. The molecule has 4 nitrogen and oxygen atoms in total. The highest BCUT2D eigenvalue weighted by Crippen LogP contribution is 2.24. The molecule has 1 aliphatic rings. The lowest BCUT2D eigenvalue weighted by atomic mass is 9.87. The van der Waals surface area contributed by atoms with Crippen LogP contribution in [0.5, 0.6) is 5.75 Å². The highest BCUT2D eigenvalue weighted by atomic mass is 16.5. The second-order valence-corrected chi connectivity index (χ2v) is 7.69. The maximum Gasteiger partial charge on any atom is 0.119 e. The minimum Gasteiger partial charge on any atom is -0.491 e. The van der Waals surface area contributed by atoms with Crippen molar-refractivity contribution < 1.29 is 14.6 Å². The Labute approximate surface area is 140 Å². The van der Waals surface area contributed by atoms with Gasteiger partial charge < -0.3 is 19.5 Å². The lowest BCUT2D eigenvalue weighted by molar-refractivity contribution is 0.0705. The van der Waals surface area contributed by atoms with E-state index >= 15 is 0 Å². The Morgan fingerprint density at radius 1 is 1.30 bits per heavy atom. The maximum atomic E-state index is 10.1. The van der Waals surface area contributed by atoms with Crippen LogP contribution in [-0.2, 0) is 10.2 Å². The van der Waals surface area contributed by atoms with Crippen LogP contribution in [0.15, 0.2) is 24.3 Å². The number of likely N-dealkylation sites (N-methyl/N-ethyl adjacent to an activating group) is 1. The highest BCUT2D eigenvalue weighted by molar-refractivity contribution is 5.31. The molecule has 0 amide bonds. The molecule has 0 aromatic heterocycles. The van der Waals surface area contributed by atoms with Gasteiger partial charge in [0.2, 0.25) is 0 Å². The molecule has 1 aliphatic heterocycles. The topological polar surface area (TPSA) is 41.9 Å². The standard InChI is InChI=1S/C19H31NO3/c1-19(2,3)16-5-7-18(8-6-16)23-14-17(21)12-20(4)11-15-9-10-22-13-15/h5-8,15,17,21H,9-14H2,1-4H3. The van der Waals surface area contributed by atoms with E-state index < -0.39 is 6.10 Å². The molecule has 2 rings (SSSR count). The first-order chi connectivity index (χ1) is 10.8. The quantitative estimate of drug-likeness (QED) is 0.838. The monoisotopic (exact) mass is 321 g/mol. The SMILES string of the molecule is CN(CC(O)COc1ccc(C(C)(C)C)cc1)CC1CCOC1. The van der Waals surface area contributed by atoms with Crippen LogP contribution in [0.2, 0.25) is 0 Å². The van der Waals surface area contributed by atoms with Crippen molar-refractivity contribution in [1.82, 2.24) is 4.90 Å². The lowest BCUT2D eigenvalue weighted by Crippen LogP contribution is -2.36. The van der Waals surface area contributed by atoms with Crippen molar-refractivity contribution in [3.63, 3.8) is 0 Å². The number of ether oxygens (including phenoxy) is 2. The number of nitrogens with zero attached hydrogens (tertiary/aromatic N) is 1. The predicted octanol–water partition coefficient (Wildman–Crippen LogP) is 2.69. The van der Waals surface area contributed by atoms with Gasteiger partial charge >= 0.3 is 0 Å². The summed E-state index contributed by atoms with van der Waals surface area (Å²) in [4.78, 5) is 2.16. The summed E-state index contributed by atoms with van der Waals surface area (Å²) in [5, 5.41) is 10.1. The summed E-state index contributed by atoms with van der Waals surface area (Å²) in [6.07, 6.45) is 0.640. The van der Waals surface area contributed by atoms with E-state index in [1.807, 2.05) is 19.2 Å². The van der Waals surface area contributed by atoms with Gasteiger partial charge in [-0.1, -0.05) is 32.9 Å². The molecule has 2 atom stereocenters. The summed E-state index contributed by atoms with van der Waals surface area (Å²) in [6, 6.07) is 8.14. The smallest absolute Gasteiger partial charge is 0.119 e. The van der Waals surface area contributed by atoms with Crippen LogP contribution in [0.1, 0.15) is 32.8 Å². The molecule has 130 valence electrons. The van der Waals surface area contributed by atoms with Gasteiger partial charge in [-0.2, -0.15) is 0 Å². The summed E-state index contributed by atoms with van der Waals surface area (Å²) < 4.78 is 11.1. The van der Waals surface area contributed by atoms with E-state index in [0.29, 0.717) is 19.1 Å². The van der Waals surface area contributed by atoms with Gasteiger partial charge in [0.1, 0.15) is 18.5 Å². The summed E-state index contributed by atoms with van der Waals surface area (Å²) in [7, 11) is 2.04. The van der Waals surface area contributed by atoms with E-state index in [2.05, 4.69) is 37.8 Å². The van der Waals surface area contributed by atoms with Crippen LogP contribution >= 0.6 is 0 Å². The Bertz CT molecular complexity index is 460. The fraction of sp³-hybridized carbons (Fsp3) is 0.684. The Balaban J connectivity index is 1.72. The van der Waals surface area contributed by atoms with Crippen molar-refractivity contribution in [2.24, 2.45) is 5.92 Å². The molecule has 1 aromatic rings. The number of aliphatic hydroxyl groups excluding tert-OH is 1. The first kappa shape index (κ1) is 18.2. The van der Waals surface area contributed by atoms with Crippen LogP contribution in [-0.4, -0.2) is 56.1 Å². The molecule has 1 heterocycles. The molecule has 1 saturated heterocycles. The molecular formula is C19H31NO3. The second kappa shape index (κ2) is 8.13. The number of rotatable bonds is 7. The zero-order valence-corrected chi connectivity index (χ0v) is 14.9. The fourth-order valence-corrected chi connectivity index (χ4v) is 2.90. The minimum atomic E-state index is -0.482. The third kappa shape index (κ3) is 6.13. The molecule has 1 fully saturated rings. The summed E-state index contributed by atoms with van der Waals surface area (Å²) >= 11 is 0. The van der Waals surface area contributed by atoms with Crippen molar-refractivity contribution in [3.05, 3.63) is 29.8 Å². The average Bonchev–Trinajstić information content (AvgIpc) is 2.97. The number of hydrogen-bond donors (Lipinski definition) is 1. The van der Waals surface area contributed by atoms with Gasteiger partial charge in [-0.05, 0) is 42.5 Å². The summed E-state index contributed by atoms with van der Waals surface area (Å²) in [6.45, 7) is 10.2. The molecular weight excluding hydrogens is 290 g/mol. The molecule has 0 bridgehead atoms. The van der Waals surface area contributed by atoms with E-state index in [9.17, 15) is 5.11 Å². The normalized spacial score (nSPS) is 20.0. The Morgan fingerprint density at radius 3 is 2.57 bits per heavy atom. The van der Waals surface area contributed by atoms with Gasteiger partial charge in [0.25, 0.3) is 0 Å². The van der Waals surface area contributed by atoms with E-state index in [1.165, 1.54) is 5.56 Å². The van der Waals surface area contributed by atoms with Gasteiger partial charge in [0.15, 0.2) is 0 Å². The summed E-state index contributed by atoms with van der Waals surface area (Å²) in [5.41, 5.74) is 1.42. The average molecular weight is 321 g/mol. The Kier molecular flexibility index (Phi) is 6.45.